The van der Waals surface area contributed by atoms with Gasteiger partial charge >= 0.3 is 5.97 Å². The Balaban J connectivity index is 1.75. The van der Waals surface area contributed by atoms with Gasteiger partial charge in [0, 0.05) is 33.8 Å². The van der Waals surface area contributed by atoms with E-state index in [-0.39, 0.29) is 17.7 Å². The van der Waals surface area contributed by atoms with Gasteiger partial charge in [-0.3, -0.25) is 4.79 Å². The van der Waals surface area contributed by atoms with E-state index in [2.05, 4.69) is 21.2 Å². The van der Waals surface area contributed by atoms with Crippen molar-refractivity contribution in [2.45, 2.75) is 44.9 Å². The number of halogens is 1. The van der Waals surface area contributed by atoms with Crippen LogP contribution in [0.2, 0.25) is 0 Å². The molecule has 1 aliphatic carbocycles. The molecule has 4 rings (SSSR count). The maximum Gasteiger partial charge on any atom is 0.336 e. The molecule has 2 unspecified atom stereocenters. The second-order valence-electron chi connectivity index (χ2n) is 8.82. The summed E-state index contributed by atoms with van der Waals surface area (Å²) in [5.41, 5.74) is 4.63. The first-order valence-electron chi connectivity index (χ1n) is 11.8. The molecule has 2 aromatic carbocycles. The van der Waals surface area contributed by atoms with Gasteiger partial charge in [0.2, 0.25) is 0 Å². The first kappa shape index (κ1) is 25.0. The quantitative estimate of drug-likeness (QED) is 0.449. The Morgan fingerprint density at radius 2 is 1.71 bits per heavy atom. The second kappa shape index (κ2) is 10.7. The standard InChI is InChI=1S/C28H30BrNO5/c1-5-12-35-28(32)25-16(2)30-21-13-19(18-8-11-23(33-3)24(15-18)34-4)14-22(31)27(21)26(25)17-6-9-20(29)10-7-17/h6-11,15,19,26,30H,5,12-14H2,1-4H3. The van der Waals surface area contributed by atoms with Gasteiger partial charge in [0.1, 0.15) is 0 Å². The highest BCUT2D eigenvalue weighted by Crippen LogP contribution is 2.46. The average molecular weight is 540 g/mol. The van der Waals surface area contributed by atoms with Crippen LogP contribution in [0.5, 0.6) is 11.5 Å². The van der Waals surface area contributed by atoms with Gasteiger partial charge in [-0.05, 0) is 61.1 Å². The normalized spacial score (nSPS) is 19.7. The molecule has 0 fully saturated rings. The zero-order valence-electron chi connectivity index (χ0n) is 20.4. The third-order valence-electron chi connectivity index (χ3n) is 6.57. The van der Waals surface area contributed by atoms with Crippen molar-refractivity contribution in [2.75, 3.05) is 20.8 Å². The fraction of sp³-hybridized carbons (Fsp3) is 0.357. The minimum atomic E-state index is -0.470. The van der Waals surface area contributed by atoms with Gasteiger partial charge in [0.15, 0.2) is 17.3 Å². The molecule has 2 aromatic rings. The molecule has 0 saturated carbocycles. The van der Waals surface area contributed by atoms with Gasteiger partial charge in [-0.15, -0.1) is 0 Å². The lowest BCUT2D eigenvalue weighted by atomic mass is 9.71. The molecular weight excluding hydrogens is 510 g/mol. The summed E-state index contributed by atoms with van der Waals surface area (Å²) in [6.07, 6.45) is 1.73. The summed E-state index contributed by atoms with van der Waals surface area (Å²) in [6.45, 7) is 4.17. The van der Waals surface area contributed by atoms with E-state index >= 15 is 0 Å². The Hall–Kier alpha value is -3.06. The van der Waals surface area contributed by atoms with Crippen LogP contribution in [0.25, 0.3) is 0 Å². The molecule has 0 saturated heterocycles. The molecule has 2 aliphatic rings. The number of benzene rings is 2. The number of esters is 1. The number of hydrogen-bond acceptors (Lipinski definition) is 6. The molecule has 2 atom stereocenters. The third kappa shape index (κ3) is 5.01. The van der Waals surface area contributed by atoms with Crippen LogP contribution in [-0.4, -0.2) is 32.6 Å². The van der Waals surface area contributed by atoms with E-state index in [4.69, 9.17) is 14.2 Å². The number of rotatable bonds is 7. The first-order chi connectivity index (χ1) is 16.9. The Morgan fingerprint density at radius 1 is 1.03 bits per heavy atom. The monoisotopic (exact) mass is 539 g/mol. The lowest BCUT2D eigenvalue weighted by molar-refractivity contribution is -0.139. The minimum absolute atomic E-state index is 0.0134. The number of dihydropyridines is 1. The van der Waals surface area contributed by atoms with Crippen LogP contribution < -0.4 is 14.8 Å². The average Bonchev–Trinajstić information content (AvgIpc) is 2.86. The number of methoxy groups -OCH3 is 2. The predicted octanol–water partition coefficient (Wildman–Crippen LogP) is 5.78. The van der Waals surface area contributed by atoms with Crippen molar-refractivity contribution in [2.24, 2.45) is 0 Å². The van der Waals surface area contributed by atoms with Crippen molar-refractivity contribution in [3.05, 3.63) is 80.6 Å². The van der Waals surface area contributed by atoms with Gasteiger partial charge in [0.05, 0.1) is 26.4 Å². The van der Waals surface area contributed by atoms with Crippen molar-refractivity contribution in [3.8, 4) is 11.5 Å². The van der Waals surface area contributed by atoms with Crippen LogP contribution in [0.15, 0.2) is 69.5 Å². The molecule has 1 aliphatic heterocycles. The van der Waals surface area contributed by atoms with Gasteiger partial charge in [-0.1, -0.05) is 41.1 Å². The lowest BCUT2D eigenvalue weighted by Crippen LogP contribution is -2.36. The molecule has 0 spiro atoms. The van der Waals surface area contributed by atoms with Crippen LogP contribution in [0.1, 0.15) is 56.1 Å². The molecule has 7 heteroatoms. The molecule has 1 N–H and O–H groups in total. The smallest absolute Gasteiger partial charge is 0.336 e. The largest absolute Gasteiger partial charge is 0.493 e. The maximum atomic E-state index is 13.7. The van der Waals surface area contributed by atoms with E-state index in [0.717, 1.165) is 33.4 Å². The molecule has 6 nitrogen and oxygen atoms in total. The van der Waals surface area contributed by atoms with Crippen molar-refractivity contribution in [1.29, 1.82) is 0 Å². The highest BCUT2D eigenvalue weighted by molar-refractivity contribution is 9.10. The summed E-state index contributed by atoms with van der Waals surface area (Å²) >= 11 is 3.48. The molecule has 0 bridgehead atoms. The fourth-order valence-electron chi connectivity index (χ4n) is 4.91. The second-order valence-corrected chi connectivity index (χ2v) is 9.73. The van der Waals surface area contributed by atoms with E-state index in [9.17, 15) is 9.59 Å². The van der Waals surface area contributed by atoms with Crippen molar-refractivity contribution >= 4 is 27.7 Å². The van der Waals surface area contributed by atoms with E-state index in [1.807, 2.05) is 56.3 Å². The molecule has 0 amide bonds. The maximum absolute atomic E-state index is 13.7. The molecule has 0 radical (unpaired) electrons. The van der Waals surface area contributed by atoms with E-state index in [1.165, 1.54) is 0 Å². The Morgan fingerprint density at radius 3 is 2.37 bits per heavy atom. The summed E-state index contributed by atoms with van der Waals surface area (Å²) in [4.78, 5) is 26.8. The van der Waals surface area contributed by atoms with Gasteiger partial charge < -0.3 is 19.5 Å². The topological polar surface area (TPSA) is 73.9 Å². The molecular formula is C28H30BrNO5. The highest BCUT2D eigenvalue weighted by Gasteiger charge is 2.41. The van der Waals surface area contributed by atoms with E-state index in [0.29, 0.717) is 42.1 Å². The van der Waals surface area contributed by atoms with Crippen molar-refractivity contribution in [1.82, 2.24) is 5.32 Å². The van der Waals surface area contributed by atoms with Crippen LogP contribution in [0, 0.1) is 0 Å². The van der Waals surface area contributed by atoms with Crippen LogP contribution >= 0.6 is 15.9 Å². The summed E-state index contributed by atoms with van der Waals surface area (Å²) in [5.74, 6) is 0.450. The molecule has 0 aromatic heterocycles. The molecule has 35 heavy (non-hydrogen) atoms. The zero-order chi connectivity index (χ0) is 25.1. The Labute approximate surface area is 214 Å². The number of allylic oxidation sites excluding steroid dienone is 3. The van der Waals surface area contributed by atoms with Crippen molar-refractivity contribution in [3.63, 3.8) is 0 Å². The molecule has 1 heterocycles. The van der Waals surface area contributed by atoms with Gasteiger partial charge in [-0.25, -0.2) is 4.79 Å². The number of carbonyl (C=O) groups is 2. The zero-order valence-corrected chi connectivity index (χ0v) is 22.0. The number of nitrogens with one attached hydrogen (secondary N) is 1. The third-order valence-corrected chi connectivity index (χ3v) is 7.10. The van der Waals surface area contributed by atoms with Crippen molar-refractivity contribution < 1.29 is 23.8 Å². The number of ether oxygens (including phenoxy) is 3. The number of Topliss-reactive ketones (excluding diaryl/α,β-unsaturated/α-hetero) is 1. The van der Waals surface area contributed by atoms with E-state index in [1.54, 1.807) is 14.2 Å². The number of carbonyl (C=O) groups excluding carboxylic acids is 2. The number of hydrogen-bond donors (Lipinski definition) is 1. The summed E-state index contributed by atoms with van der Waals surface area (Å²) in [7, 11) is 3.21. The van der Waals surface area contributed by atoms with Gasteiger partial charge in [0.25, 0.3) is 0 Å². The predicted molar refractivity (Wildman–Crippen MR) is 138 cm³/mol. The number of ketones is 1. The van der Waals surface area contributed by atoms with Crippen LogP contribution in [0.3, 0.4) is 0 Å². The summed E-state index contributed by atoms with van der Waals surface area (Å²) < 4.78 is 17.3. The van der Waals surface area contributed by atoms with Crippen LogP contribution in [-0.2, 0) is 14.3 Å². The SMILES string of the molecule is CCCOC(=O)C1=C(C)NC2=C(C(=O)CC(c3ccc(OC)c(OC)c3)C2)C1c1ccc(Br)cc1. The Kier molecular flexibility index (Phi) is 7.65. The fourth-order valence-corrected chi connectivity index (χ4v) is 5.18. The van der Waals surface area contributed by atoms with Crippen LogP contribution in [0.4, 0.5) is 0 Å². The van der Waals surface area contributed by atoms with Gasteiger partial charge in [-0.2, -0.15) is 0 Å². The lowest BCUT2D eigenvalue weighted by Gasteiger charge is -2.36. The first-order valence-corrected chi connectivity index (χ1v) is 12.6. The summed E-state index contributed by atoms with van der Waals surface area (Å²) in [6, 6.07) is 13.6. The van der Waals surface area contributed by atoms with E-state index < -0.39 is 5.92 Å². The molecule has 184 valence electrons. The Bertz CT molecular complexity index is 1200. The summed E-state index contributed by atoms with van der Waals surface area (Å²) in [5, 5.41) is 3.39. The highest BCUT2D eigenvalue weighted by atomic mass is 79.9. The minimum Gasteiger partial charge on any atom is -0.493 e.